The van der Waals surface area contributed by atoms with Crippen LogP contribution in [0.15, 0.2) is 42.5 Å². The van der Waals surface area contributed by atoms with E-state index < -0.39 is 0 Å². The van der Waals surface area contributed by atoms with Crippen LogP contribution in [0.3, 0.4) is 0 Å². The summed E-state index contributed by atoms with van der Waals surface area (Å²) in [4.78, 5) is 0. The normalized spacial score (nSPS) is 8.35. The molecule has 0 amide bonds. The van der Waals surface area contributed by atoms with E-state index >= 15 is 0 Å². The number of halogens is 1. The van der Waals surface area contributed by atoms with Crippen LogP contribution in [-0.4, -0.2) is 29.7 Å². The van der Waals surface area contributed by atoms with Gasteiger partial charge in [-0.2, -0.15) is 24.3 Å². The molecular formula is C14H16BrMgO-. The molecule has 0 N–H and O–H groups in total. The molecule has 0 radical (unpaired) electrons. The van der Waals surface area contributed by atoms with Crippen molar-refractivity contribution in [2.24, 2.45) is 0 Å². The van der Waals surface area contributed by atoms with E-state index in [2.05, 4.69) is 24.3 Å². The number of hydrogen-bond acceptors (Lipinski definition) is 1. The maximum atomic E-state index is 9.53. The van der Waals surface area contributed by atoms with Crippen molar-refractivity contribution in [1.82, 2.24) is 0 Å². The maximum Gasteiger partial charge on any atom is 2.00 e. The molecule has 0 bridgehead atoms. The van der Waals surface area contributed by atoms with Crippen LogP contribution in [0.25, 0.3) is 10.8 Å². The van der Waals surface area contributed by atoms with Crippen LogP contribution in [0.4, 0.5) is 0 Å². The molecule has 0 aromatic heterocycles. The van der Waals surface area contributed by atoms with Crippen molar-refractivity contribution >= 4 is 33.8 Å². The van der Waals surface area contributed by atoms with Crippen LogP contribution in [0.2, 0.25) is 0 Å². The second-order valence-corrected chi connectivity index (χ2v) is 3.33. The van der Waals surface area contributed by atoms with Crippen LogP contribution in [-0.2, 0) is 0 Å². The molecule has 17 heavy (non-hydrogen) atoms. The van der Waals surface area contributed by atoms with Crippen molar-refractivity contribution in [2.75, 3.05) is 6.61 Å². The molecule has 0 atom stereocenters. The van der Waals surface area contributed by atoms with E-state index in [4.69, 9.17) is 0 Å². The Kier molecular flexibility index (Phi) is 14.0. The quantitative estimate of drug-likeness (QED) is 0.537. The Balaban J connectivity index is 0. The molecule has 0 heterocycles. The third-order valence-electron chi connectivity index (χ3n) is 2.09. The zero-order valence-corrected chi connectivity index (χ0v) is 13.2. The Morgan fingerprint density at radius 3 is 2.24 bits per heavy atom. The summed E-state index contributed by atoms with van der Waals surface area (Å²) < 4.78 is 0. The van der Waals surface area contributed by atoms with Crippen molar-refractivity contribution in [3.63, 3.8) is 0 Å². The van der Waals surface area contributed by atoms with Gasteiger partial charge >= 0.3 is 23.1 Å². The molecule has 0 spiro atoms. The van der Waals surface area contributed by atoms with Crippen molar-refractivity contribution in [2.45, 2.75) is 19.8 Å². The van der Waals surface area contributed by atoms with Gasteiger partial charge in [0.05, 0.1) is 0 Å². The zero-order chi connectivity index (χ0) is 10.9. The van der Waals surface area contributed by atoms with E-state index in [0.717, 1.165) is 12.8 Å². The number of hydrogen-bond donors (Lipinski definition) is 0. The van der Waals surface area contributed by atoms with E-state index in [1.54, 1.807) is 0 Å². The average Bonchev–Trinajstić information content (AvgIpc) is 2.31. The molecular weight excluding hydrogens is 288 g/mol. The second kappa shape index (κ2) is 12.4. The first-order valence-electron chi connectivity index (χ1n) is 5.31. The molecule has 0 aliphatic rings. The predicted molar refractivity (Wildman–Crippen MR) is 68.3 cm³/mol. The van der Waals surface area contributed by atoms with Crippen molar-refractivity contribution in [3.8, 4) is 0 Å². The average molecular weight is 304 g/mol. The fourth-order valence-corrected chi connectivity index (χ4v) is 1.21. The van der Waals surface area contributed by atoms with Crippen LogP contribution >= 0.6 is 0 Å². The minimum atomic E-state index is 0. The van der Waals surface area contributed by atoms with Gasteiger partial charge in [-0.1, -0.05) is 38.0 Å². The first-order valence-corrected chi connectivity index (χ1v) is 5.31. The molecule has 0 unspecified atom stereocenters. The first kappa shape index (κ1) is 19.3. The van der Waals surface area contributed by atoms with Gasteiger partial charge in [0.15, 0.2) is 0 Å². The summed E-state index contributed by atoms with van der Waals surface area (Å²) in [6, 6.07) is 17.3. The van der Waals surface area contributed by atoms with Gasteiger partial charge in [0, 0.05) is 0 Å². The molecule has 0 saturated carbocycles. The SMILES string of the molecule is CCCC[O-].[Br-].[Mg+2].[c-]1ccc2ccccc2c1. The zero-order valence-electron chi connectivity index (χ0n) is 10.2. The van der Waals surface area contributed by atoms with Gasteiger partial charge in [0.2, 0.25) is 0 Å². The molecule has 3 heteroatoms. The van der Waals surface area contributed by atoms with E-state index in [1.807, 2.05) is 31.2 Å². The topological polar surface area (TPSA) is 23.1 Å². The fraction of sp³-hybridized carbons (Fsp3) is 0.286. The minimum Gasteiger partial charge on any atom is -1.00 e. The number of benzene rings is 2. The molecule has 88 valence electrons. The summed E-state index contributed by atoms with van der Waals surface area (Å²) in [6.07, 6.45) is 1.86. The standard InChI is InChI=1S/C10H7.C4H9O.BrH.Mg/c1-2-6-10-8-4-3-7-9(10)5-1;1-2-3-4-5;;/h1-3,5-8H;2-4H2,1H3;1H;/q2*-1;;+2/p-1. The first-order chi connectivity index (χ1) is 7.38. The molecule has 0 aliphatic heterocycles. The summed E-state index contributed by atoms with van der Waals surface area (Å²) in [7, 11) is 0. The number of fused-ring (bicyclic) bond motifs is 1. The third-order valence-corrected chi connectivity index (χ3v) is 2.09. The molecule has 2 rings (SSSR count). The summed E-state index contributed by atoms with van der Waals surface area (Å²) in [6.45, 7) is 2.11. The van der Waals surface area contributed by atoms with Crippen LogP contribution < -0.4 is 22.1 Å². The Bertz CT molecular complexity index is 325. The van der Waals surface area contributed by atoms with Crippen molar-refractivity contribution in [3.05, 3.63) is 48.5 Å². The monoisotopic (exact) mass is 303 g/mol. The van der Waals surface area contributed by atoms with Gasteiger partial charge in [-0.15, -0.1) is 23.4 Å². The Morgan fingerprint density at radius 2 is 1.76 bits per heavy atom. The van der Waals surface area contributed by atoms with E-state index in [1.165, 1.54) is 10.8 Å². The third kappa shape index (κ3) is 7.76. The van der Waals surface area contributed by atoms with Gasteiger partial charge in [0.25, 0.3) is 0 Å². The molecule has 0 saturated heterocycles. The van der Waals surface area contributed by atoms with Gasteiger partial charge < -0.3 is 22.1 Å². The number of rotatable bonds is 2. The van der Waals surface area contributed by atoms with E-state index in [0.29, 0.717) is 0 Å². The Morgan fingerprint density at radius 1 is 1.12 bits per heavy atom. The summed E-state index contributed by atoms with van der Waals surface area (Å²) in [5.41, 5.74) is 0. The van der Waals surface area contributed by atoms with Crippen LogP contribution in [0, 0.1) is 6.07 Å². The minimum absolute atomic E-state index is 0. The van der Waals surface area contributed by atoms with Gasteiger partial charge in [-0.25, -0.2) is 0 Å². The van der Waals surface area contributed by atoms with Crippen LogP contribution in [0.1, 0.15) is 19.8 Å². The molecule has 0 fully saturated rings. The molecule has 2 aromatic rings. The van der Waals surface area contributed by atoms with E-state index in [-0.39, 0.29) is 46.6 Å². The Hall–Kier alpha value is -0.0938. The van der Waals surface area contributed by atoms with Crippen molar-refractivity contribution < 1.29 is 22.1 Å². The van der Waals surface area contributed by atoms with Gasteiger partial charge in [-0.3, -0.25) is 0 Å². The molecule has 2 aromatic carbocycles. The van der Waals surface area contributed by atoms with E-state index in [9.17, 15) is 5.11 Å². The summed E-state index contributed by atoms with van der Waals surface area (Å²) in [5, 5.41) is 12.1. The van der Waals surface area contributed by atoms with Gasteiger partial charge in [0.1, 0.15) is 0 Å². The van der Waals surface area contributed by atoms with Crippen molar-refractivity contribution in [1.29, 1.82) is 0 Å². The largest absolute Gasteiger partial charge is 2.00 e. The number of unbranched alkanes of at least 4 members (excludes halogenated alkanes) is 1. The summed E-state index contributed by atoms with van der Waals surface area (Å²) in [5.74, 6) is 0. The second-order valence-electron chi connectivity index (χ2n) is 3.33. The summed E-state index contributed by atoms with van der Waals surface area (Å²) >= 11 is 0. The fourth-order valence-electron chi connectivity index (χ4n) is 1.21. The Labute approximate surface area is 130 Å². The van der Waals surface area contributed by atoms with Gasteiger partial charge in [-0.05, 0) is 0 Å². The predicted octanol–water partition coefficient (Wildman–Crippen LogP) is -0.590. The maximum absolute atomic E-state index is 9.53. The van der Waals surface area contributed by atoms with Crippen LogP contribution in [0.5, 0.6) is 0 Å². The molecule has 1 nitrogen and oxygen atoms in total. The molecule has 0 aliphatic carbocycles. The smallest absolute Gasteiger partial charge is 1.00 e.